The molecule has 0 saturated heterocycles. The van der Waals surface area contributed by atoms with Gasteiger partial charge >= 0.3 is 44.6 Å². The van der Waals surface area contributed by atoms with Crippen LogP contribution in [-0.4, -0.2) is 62.6 Å². The van der Waals surface area contributed by atoms with E-state index in [2.05, 4.69) is 8.85 Å². The highest BCUT2D eigenvalue weighted by atomic mass is 28.4. The van der Waals surface area contributed by atoms with Gasteiger partial charge in [0.1, 0.15) is 0 Å². The Morgan fingerprint density at radius 3 is 1.28 bits per heavy atom. The number of hydrogen-bond acceptors (Lipinski definition) is 3. The Morgan fingerprint density at radius 2 is 0.966 bits per heavy atom. The Hall–Kier alpha value is -0.813. The summed E-state index contributed by atoms with van der Waals surface area (Å²) in [5, 5.41) is 0. The summed E-state index contributed by atoms with van der Waals surface area (Å²) in [6, 6.07) is -1.62. The van der Waals surface area contributed by atoms with Gasteiger partial charge in [0.25, 0.3) is 0 Å². The van der Waals surface area contributed by atoms with Crippen molar-refractivity contribution in [3.8, 4) is 0 Å². The fourth-order valence-electron chi connectivity index (χ4n) is 1.91. The van der Waals surface area contributed by atoms with E-state index in [1.807, 2.05) is 0 Å². The predicted octanol–water partition coefficient (Wildman–Crippen LogP) is 5.12. The first-order valence-electron chi connectivity index (χ1n) is 7.54. The molecule has 0 aromatic rings. The third kappa shape index (κ3) is 4.92. The van der Waals surface area contributed by atoms with Gasteiger partial charge in [-0.3, -0.25) is 0 Å². The van der Waals surface area contributed by atoms with Crippen molar-refractivity contribution in [2.45, 2.75) is 62.1 Å². The van der Waals surface area contributed by atoms with E-state index in [9.17, 15) is 61.9 Å². The zero-order valence-corrected chi connectivity index (χ0v) is 15.5. The van der Waals surface area contributed by atoms with Crippen LogP contribution in [0.4, 0.5) is 57.1 Å². The van der Waals surface area contributed by atoms with Crippen LogP contribution in [0.25, 0.3) is 0 Å². The fraction of sp³-hybridized carbons (Fsp3) is 1.00. The van der Waals surface area contributed by atoms with Crippen molar-refractivity contribution in [1.29, 1.82) is 0 Å². The first-order chi connectivity index (χ1) is 12.6. The molecule has 29 heavy (non-hydrogen) atoms. The molecule has 17 heteroatoms. The van der Waals surface area contributed by atoms with Crippen molar-refractivity contribution in [3.05, 3.63) is 0 Å². The third-order valence-electron chi connectivity index (χ3n) is 3.49. The number of halogens is 13. The molecular weight excluding hydrogens is 467 g/mol. The summed E-state index contributed by atoms with van der Waals surface area (Å²) in [7, 11) is -4.68. The van der Waals surface area contributed by atoms with Crippen molar-refractivity contribution in [1.82, 2.24) is 0 Å². The molecule has 1 N–H and O–H groups in total. The van der Waals surface area contributed by atoms with E-state index in [-0.39, 0.29) is 0 Å². The number of alkyl halides is 13. The van der Waals surface area contributed by atoms with Crippen molar-refractivity contribution in [3.63, 3.8) is 0 Å². The topological polar surface area (TPSA) is 38.7 Å². The van der Waals surface area contributed by atoms with Crippen molar-refractivity contribution in [2.24, 2.45) is 0 Å². The lowest BCUT2D eigenvalue weighted by Gasteiger charge is -2.40. The molecule has 0 atom stereocenters. The highest BCUT2D eigenvalue weighted by molar-refractivity contribution is 6.59. The highest BCUT2D eigenvalue weighted by Crippen LogP contribution is 2.60. The molecule has 0 amide bonds. The molecule has 0 aliphatic heterocycles. The molecule has 176 valence electrons. The third-order valence-corrected chi connectivity index (χ3v) is 5.85. The average molecular weight is 482 g/mol. The maximum Gasteiger partial charge on any atom is 0.498 e. The molecule has 0 bridgehead atoms. The first kappa shape index (κ1) is 28.2. The summed E-state index contributed by atoms with van der Waals surface area (Å²) in [5.41, 5.74) is 0. The van der Waals surface area contributed by atoms with Crippen LogP contribution in [-0.2, 0) is 8.85 Å². The molecule has 0 unspecified atom stereocenters. The molecule has 0 aliphatic carbocycles. The standard InChI is InChI=1S/C12H15F13O3Si/c1-3-27-29(26,28-4-2)6-5-7(13,14)8(15,16)9(17,18)10(19,20)11(21,22)12(23,24)25/h26H,3-6H2,1-2H3. The van der Waals surface area contributed by atoms with Gasteiger partial charge in [0.15, 0.2) is 0 Å². The van der Waals surface area contributed by atoms with Gasteiger partial charge in [-0.1, -0.05) is 0 Å². The summed E-state index contributed by atoms with van der Waals surface area (Å²) in [6.45, 7) is 1.49. The van der Waals surface area contributed by atoms with Crippen molar-refractivity contribution >= 4 is 8.80 Å². The molecule has 0 saturated carbocycles. The van der Waals surface area contributed by atoms with E-state index in [0.717, 1.165) is 0 Å². The minimum Gasteiger partial charge on any atom is -0.390 e. The van der Waals surface area contributed by atoms with E-state index in [1.165, 1.54) is 13.8 Å². The lowest BCUT2D eigenvalue weighted by Crippen LogP contribution is -2.70. The average Bonchev–Trinajstić information content (AvgIpc) is 2.52. The first-order valence-corrected chi connectivity index (χ1v) is 9.51. The molecule has 0 spiro atoms. The molecule has 0 aromatic heterocycles. The van der Waals surface area contributed by atoms with Crippen LogP contribution in [0.3, 0.4) is 0 Å². The molecule has 0 rings (SSSR count). The van der Waals surface area contributed by atoms with Crippen LogP contribution in [0.15, 0.2) is 0 Å². The molecule has 0 fully saturated rings. The van der Waals surface area contributed by atoms with E-state index in [1.54, 1.807) is 0 Å². The summed E-state index contributed by atoms with van der Waals surface area (Å²) < 4.78 is 177. The van der Waals surface area contributed by atoms with E-state index >= 15 is 0 Å². The second kappa shape index (κ2) is 8.37. The molecule has 0 aliphatic rings. The Balaban J connectivity index is 5.98. The Labute approximate surface area is 156 Å². The van der Waals surface area contributed by atoms with Crippen LogP contribution < -0.4 is 0 Å². The molecule has 3 nitrogen and oxygen atoms in total. The van der Waals surface area contributed by atoms with Gasteiger partial charge in [0.05, 0.1) is 0 Å². The molecule has 0 heterocycles. The second-order valence-electron chi connectivity index (χ2n) is 5.58. The summed E-state index contributed by atoms with van der Waals surface area (Å²) in [4.78, 5) is 9.75. The lowest BCUT2D eigenvalue weighted by atomic mass is 9.93. The quantitative estimate of drug-likeness (QED) is 0.328. The fourth-order valence-corrected chi connectivity index (χ4v) is 3.82. The van der Waals surface area contributed by atoms with E-state index in [4.69, 9.17) is 0 Å². The van der Waals surface area contributed by atoms with Crippen LogP contribution in [0.5, 0.6) is 0 Å². The lowest BCUT2D eigenvalue weighted by molar-refractivity contribution is -0.440. The minimum atomic E-state index is -7.95. The minimum absolute atomic E-state index is 0.434. The Kier molecular flexibility index (Phi) is 8.14. The predicted molar refractivity (Wildman–Crippen MR) is 71.4 cm³/mol. The Bertz CT molecular complexity index is 544. The summed E-state index contributed by atoms with van der Waals surface area (Å²) in [6.07, 6.45) is -10.0. The van der Waals surface area contributed by atoms with Crippen molar-refractivity contribution in [2.75, 3.05) is 13.2 Å². The summed E-state index contributed by atoms with van der Waals surface area (Å²) in [5.74, 6) is -37.2. The summed E-state index contributed by atoms with van der Waals surface area (Å²) >= 11 is 0. The van der Waals surface area contributed by atoms with Crippen LogP contribution in [0.1, 0.15) is 20.3 Å². The maximum atomic E-state index is 13.6. The number of rotatable bonds is 11. The van der Waals surface area contributed by atoms with E-state index in [0.29, 0.717) is 0 Å². The SMILES string of the molecule is CCO[Si](O)(CCC(F)(F)C(F)(F)C(F)(F)C(F)(F)C(F)(F)C(F)(F)F)OCC. The molecule has 0 radical (unpaired) electrons. The smallest absolute Gasteiger partial charge is 0.390 e. The molecular formula is C12H15F13O3Si. The zero-order chi connectivity index (χ0) is 23.7. The normalized spacial score (nSPS) is 15.7. The van der Waals surface area contributed by atoms with Gasteiger partial charge in [0, 0.05) is 25.7 Å². The highest BCUT2D eigenvalue weighted by Gasteiger charge is 2.90. The van der Waals surface area contributed by atoms with Gasteiger partial charge in [-0.2, -0.15) is 57.1 Å². The van der Waals surface area contributed by atoms with Gasteiger partial charge in [-0.25, -0.2) is 0 Å². The number of hydrogen-bond donors (Lipinski definition) is 1. The van der Waals surface area contributed by atoms with Gasteiger partial charge < -0.3 is 13.6 Å². The van der Waals surface area contributed by atoms with Crippen molar-refractivity contribution < 1.29 is 70.7 Å². The zero-order valence-electron chi connectivity index (χ0n) is 14.5. The maximum absolute atomic E-state index is 13.6. The van der Waals surface area contributed by atoms with Gasteiger partial charge in [0.2, 0.25) is 0 Å². The largest absolute Gasteiger partial charge is 0.498 e. The monoisotopic (exact) mass is 482 g/mol. The van der Waals surface area contributed by atoms with Crippen LogP contribution in [0.2, 0.25) is 6.04 Å². The van der Waals surface area contributed by atoms with Gasteiger partial charge in [-0.05, 0) is 13.8 Å². The van der Waals surface area contributed by atoms with E-state index < -0.39 is 70.3 Å². The second-order valence-corrected chi connectivity index (χ2v) is 8.08. The van der Waals surface area contributed by atoms with Gasteiger partial charge in [-0.15, -0.1) is 0 Å². The molecule has 0 aromatic carbocycles. The van der Waals surface area contributed by atoms with Crippen LogP contribution >= 0.6 is 0 Å². The Morgan fingerprint density at radius 1 is 0.621 bits per heavy atom. The van der Waals surface area contributed by atoms with Crippen LogP contribution in [0, 0.1) is 0 Å².